The molecule has 3 N–H and O–H groups in total. The van der Waals surface area contributed by atoms with Crippen LogP contribution in [0.2, 0.25) is 0 Å². The van der Waals surface area contributed by atoms with E-state index in [0.29, 0.717) is 15.9 Å². The smallest absolute Gasteiger partial charge is 0.260 e. The molecule has 100 valence electrons. The summed E-state index contributed by atoms with van der Waals surface area (Å²) >= 11 is 3.34. The average molecular weight is 315 g/mol. The minimum atomic E-state index is -0.558. The summed E-state index contributed by atoms with van der Waals surface area (Å²) in [5.41, 5.74) is 6.33. The van der Waals surface area contributed by atoms with E-state index in [9.17, 15) is 4.79 Å². The molecule has 4 nitrogen and oxygen atoms in total. The fraction of sp³-hybridized carbons (Fsp3) is 0.462. The van der Waals surface area contributed by atoms with Crippen LogP contribution in [0, 0.1) is 0 Å². The number of hydrogen-bond acceptors (Lipinski definition) is 3. The van der Waals surface area contributed by atoms with Crippen molar-refractivity contribution in [1.82, 2.24) is 5.32 Å². The molecule has 2 atom stereocenters. The Kier molecular flexibility index (Phi) is 5.47. The Labute approximate surface area is 116 Å². The molecule has 1 aromatic carbocycles. The highest BCUT2D eigenvalue weighted by molar-refractivity contribution is 9.10. The summed E-state index contributed by atoms with van der Waals surface area (Å²) in [4.78, 5) is 11.8. The van der Waals surface area contributed by atoms with Gasteiger partial charge in [-0.3, -0.25) is 4.79 Å². The van der Waals surface area contributed by atoms with Crippen LogP contribution in [0.3, 0.4) is 0 Å². The second-order valence-electron chi connectivity index (χ2n) is 4.24. The van der Waals surface area contributed by atoms with E-state index in [1.807, 2.05) is 13.8 Å². The molecule has 0 radical (unpaired) electrons. The van der Waals surface area contributed by atoms with Crippen LogP contribution in [0.4, 0.5) is 5.69 Å². The number of benzene rings is 1. The van der Waals surface area contributed by atoms with Crippen molar-refractivity contribution in [2.75, 3.05) is 5.73 Å². The highest BCUT2D eigenvalue weighted by Gasteiger charge is 2.17. The lowest BCUT2D eigenvalue weighted by molar-refractivity contribution is -0.127. The van der Waals surface area contributed by atoms with E-state index in [1.54, 1.807) is 25.1 Å². The van der Waals surface area contributed by atoms with E-state index in [4.69, 9.17) is 10.5 Å². The monoisotopic (exact) mass is 314 g/mol. The molecule has 1 aromatic rings. The second kappa shape index (κ2) is 6.64. The average Bonchev–Trinajstić information content (AvgIpc) is 2.34. The summed E-state index contributed by atoms with van der Waals surface area (Å²) in [5.74, 6) is 0.445. The van der Waals surface area contributed by atoms with Crippen molar-refractivity contribution < 1.29 is 9.53 Å². The molecule has 1 amide bonds. The number of carbonyl (C=O) groups excluding carboxylic acids is 1. The molecule has 0 aromatic heterocycles. The molecule has 18 heavy (non-hydrogen) atoms. The third-order valence-corrected chi connectivity index (χ3v) is 3.52. The SMILES string of the molecule is CCC(C)NC(=O)C(C)Oc1cccc(N)c1Br. The van der Waals surface area contributed by atoms with Crippen LogP contribution in [0.1, 0.15) is 27.2 Å². The zero-order chi connectivity index (χ0) is 13.7. The number of carbonyl (C=O) groups is 1. The minimum absolute atomic E-state index is 0.126. The van der Waals surface area contributed by atoms with Crippen molar-refractivity contribution in [2.45, 2.75) is 39.3 Å². The van der Waals surface area contributed by atoms with Gasteiger partial charge in [0, 0.05) is 11.7 Å². The molecule has 2 unspecified atom stereocenters. The largest absolute Gasteiger partial charge is 0.480 e. The van der Waals surface area contributed by atoms with Gasteiger partial charge in [-0.2, -0.15) is 0 Å². The third-order valence-electron chi connectivity index (χ3n) is 2.67. The summed E-state index contributed by atoms with van der Waals surface area (Å²) in [6.45, 7) is 5.69. The van der Waals surface area contributed by atoms with E-state index in [0.717, 1.165) is 6.42 Å². The highest BCUT2D eigenvalue weighted by atomic mass is 79.9. The van der Waals surface area contributed by atoms with E-state index >= 15 is 0 Å². The highest BCUT2D eigenvalue weighted by Crippen LogP contribution is 2.30. The summed E-state index contributed by atoms with van der Waals surface area (Å²) < 4.78 is 6.27. The number of rotatable bonds is 5. The van der Waals surface area contributed by atoms with Crippen LogP contribution in [-0.4, -0.2) is 18.1 Å². The number of nitrogens with one attached hydrogen (secondary N) is 1. The van der Waals surface area contributed by atoms with E-state index in [1.165, 1.54) is 0 Å². The minimum Gasteiger partial charge on any atom is -0.480 e. The molecular formula is C13H19BrN2O2. The van der Waals surface area contributed by atoms with Crippen LogP contribution < -0.4 is 15.8 Å². The third kappa shape index (κ3) is 3.91. The lowest BCUT2D eigenvalue weighted by Gasteiger charge is -2.18. The van der Waals surface area contributed by atoms with Gasteiger partial charge >= 0.3 is 0 Å². The quantitative estimate of drug-likeness (QED) is 0.821. The Morgan fingerprint density at radius 2 is 2.17 bits per heavy atom. The molecule has 0 fully saturated rings. The fourth-order valence-corrected chi connectivity index (χ4v) is 1.68. The predicted octanol–water partition coefficient (Wildman–Crippen LogP) is 2.71. The molecule has 5 heteroatoms. The molecule has 0 bridgehead atoms. The summed E-state index contributed by atoms with van der Waals surface area (Å²) in [6.07, 6.45) is 0.331. The van der Waals surface area contributed by atoms with Crippen molar-refractivity contribution in [2.24, 2.45) is 0 Å². The molecule has 0 aliphatic rings. The van der Waals surface area contributed by atoms with Gasteiger partial charge in [-0.15, -0.1) is 0 Å². The molecule has 0 spiro atoms. The Balaban J connectivity index is 2.67. The first-order valence-corrected chi connectivity index (χ1v) is 6.76. The Morgan fingerprint density at radius 3 is 2.78 bits per heavy atom. The number of amides is 1. The molecule has 0 aliphatic heterocycles. The first-order chi connectivity index (χ1) is 8.45. The van der Waals surface area contributed by atoms with Gasteiger partial charge in [0.25, 0.3) is 5.91 Å². The molecule has 0 heterocycles. The van der Waals surface area contributed by atoms with Gasteiger partial charge in [0.15, 0.2) is 6.10 Å². The number of nitrogen functional groups attached to an aromatic ring is 1. The number of nitrogens with two attached hydrogens (primary N) is 1. The number of anilines is 1. The number of ether oxygens (including phenoxy) is 1. The van der Waals surface area contributed by atoms with E-state index in [-0.39, 0.29) is 11.9 Å². The molecule has 1 rings (SSSR count). The lowest BCUT2D eigenvalue weighted by atomic mass is 10.2. The van der Waals surface area contributed by atoms with E-state index < -0.39 is 6.10 Å². The van der Waals surface area contributed by atoms with Gasteiger partial charge < -0.3 is 15.8 Å². The second-order valence-corrected chi connectivity index (χ2v) is 5.03. The molecule has 0 saturated carbocycles. The van der Waals surface area contributed by atoms with Crippen molar-refractivity contribution in [3.8, 4) is 5.75 Å². The molecule has 0 aliphatic carbocycles. The van der Waals surface area contributed by atoms with Crippen molar-refractivity contribution in [3.63, 3.8) is 0 Å². The summed E-state index contributed by atoms with van der Waals surface area (Å²) in [7, 11) is 0. The van der Waals surface area contributed by atoms with Gasteiger partial charge in [0.1, 0.15) is 5.75 Å². The number of halogens is 1. The maximum Gasteiger partial charge on any atom is 0.260 e. The Morgan fingerprint density at radius 1 is 1.50 bits per heavy atom. The van der Waals surface area contributed by atoms with Gasteiger partial charge in [-0.1, -0.05) is 13.0 Å². The maximum atomic E-state index is 11.8. The van der Waals surface area contributed by atoms with Crippen LogP contribution >= 0.6 is 15.9 Å². The van der Waals surface area contributed by atoms with Gasteiger partial charge in [0.2, 0.25) is 0 Å². The van der Waals surface area contributed by atoms with Crippen molar-refractivity contribution in [3.05, 3.63) is 22.7 Å². The zero-order valence-electron chi connectivity index (χ0n) is 10.9. The van der Waals surface area contributed by atoms with E-state index in [2.05, 4.69) is 21.2 Å². The van der Waals surface area contributed by atoms with Crippen LogP contribution in [0.5, 0.6) is 5.75 Å². The maximum absolute atomic E-state index is 11.8. The summed E-state index contributed by atoms with van der Waals surface area (Å²) in [5, 5.41) is 2.87. The normalized spacial score (nSPS) is 13.8. The summed E-state index contributed by atoms with van der Waals surface area (Å²) in [6, 6.07) is 5.47. The number of hydrogen-bond donors (Lipinski definition) is 2. The van der Waals surface area contributed by atoms with Crippen LogP contribution in [-0.2, 0) is 4.79 Å². The van der Waals surface area contributed by atoms with Crippen LogP contribution in [0.25, 0.3) is 0 Å². The first kappa shape index (κ1) is 14.8. The molecule has 0 saturated heterocycles. The van der Waals surface area contributed by atoms with Crippen LogP contribution in [0.15, 0.2) is 22.7 Å². The Hall–Kier alpha value is -1.23. The van der Waals surface area contributed by atoms with Gasteiger partial charge in [-0.25, -0.2) is 0 Å². The van der Waals surface area contributed by atoms with Gasteiger partial charge in [-0.05, 0) is 48.3 Å². The fourth-order valence-electron chi connectivity index (χ4n) is 1.33. The van der Waals surface area contributed by atoms with Gasteiger partial charge in [0.05, 0.1) is 4.47 Å². The van der Waals surface area contributed by atoms with Crippen molar-refractivity contribution in [1.29, 1.82) is 0 Å². The Bertz CT molecular complexity index is 423. The first-order valence-electron chi connectivity index (χ1n) is 5.96. The zero-order valence-corrected chi connectivity index (χ0v) is 12.5. The van der Waals surface area contributed by atoms with Crippen molar-refractivity contribution >= 4 is 27.5 Å². The standard InChI is InChI=1S/C13H19BrN2O2/c1-4-8(2)16-13(17)9(3)18-11-7-5-6-10(15)12(11)14/h5-9H,4,15H2,1-3H3,(H,16,17). The predicted molar refractivity (Wildman–Crippen MR) is 76.5 cm³/mol. The lowest BCUT2D eigenvalue weighted by Crippen LogP contribution is -2.41. The topological polar surface area (TPSA) is 64.3 Å². The molecular weight excluding hydrogens is 296 g/mol.